The smallest absolute Gasteiger partial charge is 0.222 e. The molecule has 1 unspecified atom stereocenters. The summed E-state index contributed by atoms with van der Waals surface area (Å²) in [6, 6.07) is 8.79. The van der Waals surface area contributed by atoms with E-state index in [1.54, 1.807) is 0 Å². The van der Waals surface area contributed by atoms with Gasteiger partial charge < -0.3 is 10.2 Å². The molecular weight excluding hydrogens is 224 g/mol. The van der Waals surface area contributed by atoms with Gasteiger partial charge in [-0.05, 0) is 37.9 Å². The number of hydrogen-bond acceptors (Lipinski definition) is 2. The maximum atomic E-state index is 12.1. The highest BCUT2D eigenvalue weighted by Crippen LogP contribution is 2.16. The highest BCUT2D eigenvalue weighted by Gasteiger charge is 2.21. The van der Waals surface area contributed by atoms with E-state index < -0.39 is 0 Å². The van der Waals surface area contributed by atoms with Gasteiger partial charge in [0, 0.05) is 25.6 Å². The van der Waals surface area contributed by atoms with Crippen molar-refractivity contribution in [2.24, 2.45) is 0 Å². The van der Waals surface area contributed by atoms with Crippen LogP contribution >= 0.6 is 0 Å². The fourth-order valence-electron chi connectivity index (χ4n) is 2.49. The Morgan fingerprint density at radius 1 is 1.33 bits per heavy atom. The molecule has 1 fully saturated rings. The van der Waals surface area contributed by atoms with Crippen molar-refractivity contribution >= 4 is 5.91 Å². The summed E-state index contributed by atoms with van der Waals surface area (Å²) in [5.41, 5.74) is 2.52. The van der Waals surface area contributed by atoms with Gasteiger partial charge in [-0.3, -0.25) is 4.79 Å². The molecule has 1 aliphatic rings. The highest BCUT2D eigenvalue weighted by atomic mass is 16.2. The normalized spacial score (nSPS) is 20.9. The van der Waals surface area contributed by atoms with E-state index in [2.05, 4.69) is 24.4 Å². The van der Waals surface area contributed by atoms with E-state index in [0.717, 1.165) is 25.9 Å². The first kappa shape index (κ1) is 13.1. The lowest BCUT2D eigenvalue weighted by molar-refractivity contribution is -0.131. The second kappa shape index (κ2) is 6.01. The van der Waals surface area contributed by atoms with Gasteiger partial charge in [-0.15, -0.1) is 0 Å². The SMILES string of the molecule is CNC1CCC(=O)N(Cc2ccccc2C)CC1. The lowest BCUT2D eigenvalue weighted by Crippen LogP contribution is -2.31. The zero-order valence-corrected chi connectivity index (χ0v) is 11.3. The van der Waals surface area contributed by atoms with E-state index >= 15 is 0 Å². The number of rotatable bonds is 3. The van der Waals surface area contributed by atoms with Gasteiger partial charge in [0.05, 0.1) is 0 Å². The van der Waals surface area contributed by atoms with Gasteiger partial charge in [-0.2, -0.15) is 0 Å². The Morgan fingerprint density at radius 3 is 2.83 bits per heavy atom. The average Bonchev–Trinajstić information content (AvgIpc) is 2.55. The minimum atomic E-state index is 0.288. The minimum absolute atomic E-state index is 0.288. The molecule has 1 amide bonds. The summed E-state index contributed by atoms with van der Waals surface area (Å²) in [6.07, 6.45) is 2.67. The second-order valence-corrected chi connectivity index (χ2v) is 5.05. The molecule has 1 aromatic rings. The molecule has 1 aromatic carbocycles. The summed E-state index contributed by atoms with van der Waals surface area (Å²) >= 11 is 0. The first-order valence-corrected chi connectivity index (χ1v) is 6.70. The van der Waals surface area contributed by atoms with E-state index in [1.165, 1.54) is 11.1 Å². The van der Waals surface area contributed by atoms with Crippen molar-refractivity contribution in [2.45, 2.75) is 38.8 Å². The molecule has 0 aliphatic carbocycles. The van der Waals surface area contributed by atoms with Crippen molar-refractivity contribution in [2.75, 3.05) is 13.6 Å². The molecule has 18 heavy (non-hydrogen) atoms. The molecule has 0 radical (unpaired) electrons. The van der Waals surface area contributed by atoms with E-state index in [9.17, 15) is 4.79 Å². The van der Waals surface area contributed by atoms with Crippen LogP contribution in [-0.2, 0) is 11.3 Å². The monoisotopic (exact) mass is 246 g/mol. The van der Waals surface area contributed by atoms with Gasteiger partial charge in [0.2, 0.25) is 5.91 Å². The predicted molar refractivity (Wildman–Crippen MR) is 73.3 cm³/mol. The number of benzene rings is 1. The molecule has 98 valence electrons. The number of nitrogens with one attached hydrogen (secondary N) is 1. The molecule has 1 aliphatic heterocycles. The summed E-state index contributed by atoms with van der Waals surface area (Å²) < 4.78 is 0. The molecule has 0 bridgehead atoms. The van der Waals surface area contributed by atoms with Crippen LogP contribution in [-0.4, -0.2) is 30.4 Å². The highest BCUT2D eigenvalue weighted by molar-refractivity contribution is 5.76. The topological polar surface area (TPSA) is 32.3 Å². The molecule has 1 N–H and O–H groups in total. The molecule has 2 rings (SSSR count). The quantitative estimate of drug-likeness (QED) is 0.885. The Kier molecular flexibility index (Phi) is 4.37. The van der Waals surface area contributed by atoms with Gasteiger partial charge in [-0.1, -0.05) is 24.3 Å². The van der Waals surface area contributed by atoms with Crippen molar-refractivity contribution in [3.63, 3.8) is 0 Å². The van der Waals surface area contributed by atoms with E-state index in [1.807, 2.05) is 24.1 Å². The first-order valence-electron chi connectivity index (χ1n) is 6.70. The third kappa shape index (κ3) is 3.10. The summed E-state index contributed by atoms with van der Waals surface area (Å²) in [5, 5.41) is 3.28. The fraction of sp³-hybridized carbons (Fsp3) is 0.533. The van der Waals surface area contributed by atoms with Crippen LogP contribution in [0.4, 0.5) is 0 Å². The summed E-state index contributed by atoms with van der Waals surface area (Å²) in [7, 11) is 1.98. The van der Waals surface area contributed by atoms with Crippen LogP contribution < -0.4 is 5.32 Å². The number of carbonyl (C=O) groups excluding carboxylic acids is 1. The molecule has 0 saturated carbocycles. The molecule has 0 aromatic heterocycles. The Balaban J connectivity index is 2.04. The fourth-order valence-corrected chi connectivity index (χ4v) is 2.49. The molecular formula is C15H22N2O. The van der Waals surface area contributed by atoms with Crippen molar-refractivity contribution < 1.29 is 4.79 Å². The maximum Gasteiger partial charge on any atom is 0.222 e. The average molecular weight is 246 g/mol. The lowest BCUT2D eigenvalue weighted by Gasteiger charge is -2.22. The van der Waals surface area contributed by atoms with Crippen LogP contribution in [0.25, 0.3) is 0 Å². The zero-order valence-electron chi connectivity index (χ0n) is 11.3. The standard InChI is InChI=1S/C15H22N2O/c1-12-5-3-4-6-13(12)11-17-10-9-14(16-2)7-8-15(17)18/h3-6,14,16H,7-11H2,1-2H3. The van der Waals surface area contributed by atoms with Crippen LogP contribution in [0.2, 0.25) is 0 Å². The van der Waals surface area contributed by atoms with Gasteiger partial charge in [-0.25, -0.2) is 0 Å². The second-order valence-electron chi connectivity index (χ2n) is 5.05. The van der Waals surface area contributed by atoms with Crippen LogP contribution in [0.1, 0.15) is 30.4 Å². The Morgan fingerprint density at radius 2 is 2.11 bits per heavy atom. The van der Waals surface area contributed by atoms with Gasteiger partial charge >= 0.3 is 0 Å². The molecule has 1 heterocycles. The molecule has 3 heteroatoms. The molecule has 0 spiro atoms. The van der Waals surface area contributed by atoms with Crippen molar-refractivity contribution in [3.05, 3.63) is 35.4 Å². The number of aryl methyl sites for hydroxylation is 1. The first-order chi connectivity index (χ1) is 8.70. The van der Waals surface area contributed by atoms with Gasteiger partial charge in [0.25, 0.3) is 0 Å². The Bertz CT molecular complexity index is 417. The van der Waals surface area contributed by atoms with Crippen molar-refractivity contribution in [1.82, 2.24) is 10.2 Å². The van der Waals surface area contributed by atoms with Crippen LogP contribution in [0.5, 0.6) is 0 Å². The van der Waals surface area contributed by atoms with Crippen LogP contribution in [0.3, 0.4) is 0 Å². The summed E-state index contributed by atoms with van der Waals surface area (Å²) in [4.78, 5) is 14.1. The number of likely N-dealkylation sites (tertiary alicyclic amines) is 1. The molecule has 3 nitrogen and oxygen atoms in total. The van der Waals surface area contributed by atoms with Crippen LogP contribution in [0.15, 0.2) is 24.3 Å². The van der Waals surface area contributed by atoms with Crippen molar-refractivity contribution in [1.29, 1.82) is 0 Å². The van der Waals surface area contributed by atoms with Crippen molar-refractivity contribution in [3.8, 4) is 0 Å². The third-order valence-corrected chi connectivity index (χ3v) is 3.84. The number of nitrogens with zero attached hydrogens (tertiary/aromatic N) is 1. The van der Waals surface area contributed by atoms with Gasteiger partial charge in [0.1, 0.15) is 0 Å². The number of amides is 1. The number of carbonyl (C=O) groups is 1. The zero-order chi connectivity index (χ0) is 13.0. The maximum absolute atomic E-state index is 12.1. The van der Waals surface area contributed by atoms with E-state index in [4.69, 9.17) is 0 Å². The summed E-state index contributed by atoms with van der Waals surface area (Å²) in [6.45, 7) is 3.72. The molecule has 1 atom stereocenters. The lowest BCUT2D eigenvalue weighted by atomic mass is 10.1. The predicted octanol–water partition coefficient (Wildman–Crippen LogP) is 2.10. The van der Waals surface area contributed by atoms with Gasteiger partial charge in [0.15, 0.2) is 0 Å². The third-order valence-electron chi connectivity index (χ3n) is 3.84. The Labute approximate surface area is 109 Å². The van der Waals surface area contributed by atoms with E-state index in [-0.39, 0.29) is 5.91 Å². The largest absolute Gasteiger partial charge is 0.338 e. The van der Waals surface area contributed by atoms with E-state index in [0.29, 0.717) is 12.5 Å². The Hall–Kier alpha value is -1.35. The van der Waals surface area contributed by atoms with Crippen LogP contribution in [0, 0.1) is 6.92 Å². The number of hydrogen-bond donors (Lipinski definition) is 1. The summed E-state index contributed by atoms with van der Waals surface area (Å²) in [5.74, 6) is 0.288. The molecule has 1 saturated heterocycles. The minimum Gasteiger partial charge on any atom is -0.338 e.